The molecule has 0 bridgehead atoms. The van der Waals surface area contributed by atoms with Crippen LogP contribution in [0.25, 0.3) is 0 Å². The molecule has 10 aromatic heterocycles. The van der Waals surface area contributed by atoms with E-state index in [1.807, 2.05) is 0 Å². The summed E-state index contributed by atoms with van der Waals surface area (Å²) in [6.07, 6.45) is -89.1. The van der Waals surface area contributed by atoms with E-state index in [-0.39, 0.29) is 109 Å². The Bertz CT molecular complexity index is 8280. The Balaban J connectivity index is 0.000000169. The van der Waals surface area contributed by atoms with Crippen molar-refractivity contribution in [2.75, 3.05) is 68.4 Å². The van der Waals surface area contributed by atoms with Gasteiger partial charge in [-0.3, -0.25) is 24.9 Å². The summed E-state index contributed by atoms with van der Waals surface area (Å²) in [5, 5.41) is 7.99. The monoisotopic (exact) mass is 1990 g/mol. The molecular formula is C115H155N5O10S5. The summed E-state index contributed by atoms with van der Waals surface area (Å²) < 4.78 is 611. The van der Waals surface area contributed by atoms with Gasteiger partial charge in [-0.05, 0) is 342 Å². The zero-order chi connectivity index (χ0) is 150. The number of rotatable bonds is 35. The number of aromatic nitrogens is 5. The van der Waals surface area contributed by atoms with E-state index in [0.29, 0.717) is 11.4 Å². The van der Waals surface area contributed by atoms with Gasteiger partial charge in [0.15, 0.2) is 0 Å². The average molecular weight is 1990 g/mol. The molecule has 10 aromatic rings. The van der Waals surface area contributed by atoms with Crippen LogP contribution in [0.1, 0.15) is 428 Å². The van der Waals surface area contributed by atoms with Gasteiger partial charge in [0.25, 0.3) is 0 Å². The molecule has 0 radical (unpaired) electrons. The van der Waals surface area contributed by atoms with Crippen LogP contribution in [-0.2, 0) is 82.6 Å². The third-order valence-corrected chi connectivity index (χ3v) is 28.0. The first kappa shape index (κ1) is 48.2. The maximum Gasteiger partial charge on any atom is 0.132 e. The van der Waals surface area contributed by atoms with Crippen molar-refractivity contribution in [1.29, 1.82) is 0 Å². The van der Waals surface area contributed by atoms with Crippen LogP contribution in [-0.4, -0.2) is 121 Å². The number of pyridine rings is 5. The van der Waals surface area contributed by atoms with Gasteiger partial charge in [0.05, 0.1) is 71.8 Å². The molecule has 730 valence electrons. The average Bonchev–Trinajstić information content (AvgIpc) is 1.45. The number of methoxy groups -OCH3 is 5. The van der Waals surface area contributed by atoms with Gasteiger partial charge in [-0.25, -0.2) is 0 Å². The van der Waals surface area contributed by atoms with Crippen molar-refractivity contribution in [2.45, 2.75) is 375 Å². The first-order chi connectivity index (χ1) is 90.0. The van der Waals surface area contributed by atoms with E-state index in [4.69, 9.17) is 127 Å². The lowest BCUT2D eigenvalue weighted by Gasteiger charge is -2.46. The molecule has 0 aromatic carbocycles. The van der Waals surface area contributed by atoms with Crippen molar-refractivity contribution in [2.24, 2.45) is 0 Å². The van der Waals surface area contributed by atoms with Gasteiger partial charge in [-0.2, -0.15) is 0 Å². The highest BCUT2D eigenvalue weighted by atomic mass is 32.1. The Morgan fingerprint density at radius 2 is 0.578 bits per heavy atom. The standard InChI is InChI=1S/5C23H31NO2S/c5*1-25-19-10-17-27-20(19)8-2-4-11-22(21-9-3-7-15-24-21)14-16-26-23(18-22)12-5-6-13-23/h5*3,7,9-10,15,17H,2,4-6,8,11-14,16,18H2,1H3/t5*22-/m11111/s1/i4D2,5D2,6D2,8D2,12D2,13D2,14D2,18D2;4D2,5D2,6D2,8D2,12D2,13D2,16D2;4D2,8D2,12D2,13D2,14D2,18D2;4D2,5D2,6D2,8D2,11D2,16D2;4D2,5D2,6D2,8D2,16D2. The van der Waals surface area contributed by atoms with E-state index in [1.165, 1.54) is 126 Å². The van der Waals surface area contributed by atoms with Crippen molar-refractivity contribution < 1.29 is 135 Å². The normalized spacial score (nSPS) is 40.4. The summed E-state index contributed by atoms with van der Waals surface area (Å²) >= 11 is 5.16. The van der Waals surface area contributed by atoms with Gasteiger partial charge in [0.2, 0.25) is 0 Å². The Labute approximate surface area is 918 Å². The number of hydrogen-bond acceptors (Lipinski definition) is 20. The van der Waals surface area contributed by atoms with Crippen LogP contribution in [0.15, 0.2) is 179 Å². The highest BCUT2D eigenvalue weighted by Gasteiger charge is 2.54. The second kappa shape index (κ2) is 49.0. The number of nitrogens with zero attached hydrogens (tertiary/aromatic N) is 5. The second-order valence-electron chi connectivity index (χ2n) is 32.7. The highest BCUT2D eigenvalue weighted by Crippen LogP contribution is 2.57. The molecule has 15 heterocycles. The second-order valence-corrected chi connectivity index (χ2v) is 37.3. The zero-order valence-electron chi connectivity index (χ0n) is 139. The van der Waals surface area contributed by atoms with Crippen LogP contribution in [0.3, 0.4) is 0 Å². The topological polar surface area (TPSA) is 157 Å². The van der Waals surface area contributed by atoms with Gasteiger partial charge < -0.3 is 47.4 Å². The van der Waals surface area contributed by atoms with E-state index in [2.05, 4.69) is 24.9 Å². The Morgan fingerprint density at radius 3 is 0.911 bits per heavy atom. The van der Waals surface area contributed by atoms with Crippen molar-refractivity contribution in [1.82, 2.24) is 24.9 Å². The summed E-state index contributed by atoms with van der Waals surface area (Å²) in [5.74, 6) is 1.13. The third-order valence-electron chi connectivity index (χ3n) is 23.8. The van der Waals surface area contributed by atoms with E-state index >= 15 is 0 Å². The molecule has 135 heavy (non-hydrogen) atoms. The van der Waals surface area contributed by atoms with Gasteiger partial charge >= 0.3 is 0 Å². The van der Waals surface area contributed by atoms with E-state index in [0.717, 1.165) is 68.9 Å². The maximum absolute atomic E-state index is 9.42. The molecule has 15 nitrogen and oxygen atoms in total. The molecule has 0 N–H and O–H groups in total. The molecule has 20 rings (SSSR count). The van der Waals surface area contributed by atoms with Crippen molar-refractivity contribution >= 4 is 56.7 Å². The van der Waals surface area contributed by atoms with Gasteiger partial charge in [0, 0.05) is 223 Å². The molecular weight excluding hydrogens is 1770 g/mol. The van der Waals surface area contributed by atoms with Gasteiger partial charge in [-0.1, -0.05) is 126 Å². The molecule has 5 saturated carbocycles. The van der Waals surface area contributed by atoms with Crippen LogP contribution in [0.4, 0.5) is 0 Å². The summed E-state index contributed by atoms with van der Waals surface area (Å²) in [7, 11) is 6.80. The Hall–Kier alpha value is -6.95. The van der Waals surface area contributed by atoms with E-state index in [1.54, 1.807) is 76.1 Å². The van der Waals surface area contributed by atoms with Crippen LogP contribution in [0.2, 0.25) is 0 Å². The molecule has 10 aliphatic rings. The minimum Gasteiger partial charge on any atom is -0.496 e. The van der Waals surface area contributed by atoms with Crippen molar-refractivity contribution in [3.8, 4) is 28.7 Å². The summed E-state index contributed by atoms with van der Waals surface area (Å²) in [6, 6.07) is 30.1. The largest absolute Gasteiger partial charge is 0.496 e. The molecule has 0 unspecified atom stereocenters. The van der Waals surface area contributed by atoms with Crippen molar-refractivity contribution in [3.05, 3.63) is 232 Å². The number of ether oxygens (including phenoxy) is 10. The third kappa shape index (κ3) is 25.7. The highest BCUT2D eigenvalue weighted by molar-refractivity contribution is 7.11. The fourth-order valence-electron chi connectivity index (χ4n) is 17.2. The van der Waals surface area contributed by atoms with Crippen LogP contribution in [0, 0.1) is 0 Å². The minimum absolute atomic E-state index is 0.00714. The summed E-state index contributed by atoms with van der Waals surface area (Å²) in [5.41, 5.74) is -23.8. The predicted molar refractivity (Wildman–Crippen MR) is 554 cm³/mol. The maximum atomic E-state index is 9.42. The zero-order valence-corrected chi connectivity index (χ0v) is 79.5. The van der Waals surface area contributed by atoms with Gasteiger partial charge in [-0.15, -0.1) is 56.7 Å². The summed E-state index contributed by atoms with van der Waals surface area (Å²) in [6.45, 7) is -9.97. The number of hydrogen-bond donors (Lipinski definition) is 0. The molecule has 20 heteroatoms. The fraction of sp³-hybridized carbons (Fsp3) is 0.609. The Morgan fingerprint density at radius 1 is 0.296 bits per heavy atom. The smallest absolute Gasteiger partial charge is 0.132 e. The molecule has 5 atom stereocenters. The minimum atomic E-state index is -3.78. The van der Waals surface area contributed by atoms with Crippen LogP contribution in [0.5, 0.6) is 28.7 Å². The predicted octanol–water partition coefficient (Wildman–Crippen LogP) is 29.6. The molecule has 10 fully saturated rings. The van der Waals surface area contributed by atoms with E-state index in [9.17, 15) is 8.22 Å². The molecule has 5 aliphatic heterocycles. The van der Waals surface area contributed by atoms with E-state index < -0.39 is 368 Å². The fourth-order valence-corrected chi connectivity index (χ4v) is 20.9. The first-order valence-electron chi connectivity index (χ1n) is 76.0. The van der Waals surface area contributed by atoms with Crippen molar-refractivity contribution in [3.63, 3.8) is 0 Å². The lowest BCUT2D eigenvalue weighted by atomic mass is 9.67. The Kier molecular flexibility index (Phi) is 17.5. The lowest BCUT2D eigenvalue weighted by molar-refractivity contribution is -0.105. The first-order valence-corrected chi connectivity index (χ1v) is 48.4. The summed E-state index contributed by atoms with van der Waals surface area (Å²) in [4.78, 5) is 22.0. The molecule has 0 amide bonds. The van der Waals surface area contributed by atoms with Crippen LogP contribution >= 0.6 is 56.7 Å². The SMILES string of the molecule is [2H]C([2H])(CC([2H])([2H])c1sccc1OC)C[C@@]1(c2ccccn2)C([2H])([2H])COC2(C([2H])([2H])C([2H])([2H])C([2H])([2H])C2([2H])[2H])C1([2H])[2H].[2H]C([2H])(CC([2H])([2H])c1sccc1OC)C[C@@]1(c2ccccn2)C([2H])([2H])COC2(C([2H])([2H])CCC2([2H])[2H])C1([2H])[2H].[2H]C([2H])(CC([2H])([2H])c1sccc1OC)C[C@@]1(c2ccccn2)CC([2H])([2H])OC2(C1)C([2H])([2H])C([2H])([2H])C([2H])([2H])C2([2H])[2H].[2H]C([2H])(CC([2H])([2H])c1sccc1OC)C[C@@]1(c2ccccn2)CC([2H])([2H])OC2(CC([2H])([2H])C([2H])([2H])C2)C1.[2H]C1([2H])C[C@](c2ccccn2)(C([2H])([2H])C([2H])([2H])CC([2H])([2H])c2sccc2OC)CC2(CC([2H])([2H])C([2H])([2H])C2)O1. The number of aryl methyl sites for hydroxylation is 5. The quantitative estimate of drug-likeness (QED) is 0.0369. The lowest BCUT2D eigenvalue weighted by Crippen LogP contribution is -2.46. The molecule has 5 spiro atoms. The van der Waals surface area contributed by atoms with Gasteiger partial charge in [0.1, 0.15) is 28.7 Å². The molecule has 5 aliphatic carbocycles. The molecule has 5 saturated heterocycles. The number of thiophene rings is 5. The van der Waals surface area contributed by atoms with Crippen LogP contribution < -0.4 is 23.7 Å².